The van der Waals surface area contributed by atoms with E-state index in [2.05, 4.69) is 32.6 Å². The molecule has 1 N–H and O–H groups in total. The van der Waals surface area contributed by atoms with Crippen LogP contribution in [0.1, 0.15) is 40.5 Å². The molecule has 0 saturated carbocycles. The van der Waals surface area contributed by atoms with Gasteiger partial charge in [0.15, 0.2) is 0 Å². The lowest BCUT2D eigenvalue weighted by Gasteiger charge is -2.37. The Kier molecular flexibility index (Phi) is 5.51. The van der Waals surface area contributed by atoms with Crippen LogP contribution >= 0.6 is 0 Å². The maximum Gasteiger partial charge on any atom is 0.0558 e. The summed E-state index contributed by atoms with van der Waals surface area (Å²) in [6, 6.07) is 0. The summed E-state index contributed by atoms with van der Waals surface area (Å²) in [4.78, 5) is 2.35. The number of aliphatic hydroxyl groups is 1. The van der Waals surface area contributed by atoms with Crippen LogP contribution in [0.3, 0.4) is 0 Å². The third kappa shape index (κ3) is 3.55. The monoisotopic (exact) mass is 173 g/mol. The van der Waals surface area contributed by atoms with Gasteiger partial charge in [0.1, 0.15) is 0 Å². The summed E-state index contributed by atoms with van der Waals surface area (Å²) in [5, 5.41) is 8.88. The molecule has 0 aliphatic rings. The summed E-state index contributed by atoms with van der Waals surface area (Å²) in [5.41, 5.74) is 0.235. The Morgan fingerprint density at radius 2 is 1.75 bits per heavy atom. The van der Waals surface area contributed by atoms with E-state index in [1.807, 2.05) is 0 Å². The zero-order valence-corrected chi connectivity index (χ0v) is 8.93. The second kappa shape index (κ2) is 5.55. The zero-order valence-electron chi connectivity index (χ0n) is 8.93. The molecule has 2 heteroatoms. The molecular weight excluding hydrogens is 150 g/mol. The standard InChI is InChI=1S/C10H23NO/c1-5-7-11(8-9-12)10(3,4)6-2/h12H,5-9H2,1-4H3. The molecule has 0 spiro atoms. The molecule has 0 heterocycles. The minimum absolute atomic E-state index is 0.235. The van der Waals surface area contributed by atoms with Crippen molar-refractivity contribution in [1.29, 1.82) is 0 Å². The van der Waals surface area contributed by atoms with Crippen molar-refractivity contribution >= 4 is 0 Å². The van der Waals surface area contributed by atoms with Crippen LogP contribution in [0.25, 0.3) is 0 Å². The first-order chi connectivity index (χ1) is 5.58. The van der Waals surface area contributed by atoms with Crippen molar-refractivity contribution in [2.45, 2.75) is 46.1 Å². The Balaban J connectivity index is 4.07. The third-order valence-electron chi connectivity index (χ3n) is 2.58. The van der Waals surface area contributed by atoms with E-state index in [0.717, 1.165) is 25.9 Å². The molecule has 12 heavy (non-hydrogen) atoms. The average molecular weight is 173 g/mol. The second-order valence-electron chi connectivity index (χ2n) is 3.88. The van der Waals surface area contributed by atoms with Gasteiger partial charge in [-0.3, -0.25) is 4.90 Å². The van der Waals surface area contributed by atoms with Crippen LogP contribution < -0.4 is 0 Å². The van der Waals surface area contributed by atoms with E-state index >= 15 is 0 Å². The summed E-state index contributed by atoms with van der Waals surface area (Å²) in [5.74, 6) is 0. The van der Waals surface area contributed by atoms with Crippen molar-refractivity contribution in [2.75, 3.05) is 19.7 Å². The molecule has 0 atom stereocenters. The quantitative estimate of drug-likeness (QED) is 0.663. The molecule has 0 aromatic heterocycles. The van der Waals surface area contributed by atoms with Gasteiger partial charge in [-0.15, -0.1) is 0 Å². The largest absolute Gasteiger partial charge is 0.395 e. The van der Waals surface area contributed by atoms with Gasteiger partial charge in [0.2, 0.25) is 0 Å². The second-order valence-corrected chi connectivity index (χ2v) is 3.88. The van der Waals surface area contributed by atoms with Crippen LogP contribution in [0.2, 0.25) is 0 Å². The van der Waals surface area contributed by atoms with Crippen molar-refractivity contribution in [3.05, 3.63) is 0 Å². The van der Waals surface area contributed by atoms with Crippen LogP contribution in [-0.2, 0) is 0 Å². The molecule has 0 rings (SSSR count). The first kappa shape index (κ1) is 11.9. The molecule has 0 aromatic rings. The third-order valence-corrected chi connectivity index (χ3v) is 2.58. The fourth-order valence-electron chi connectivity index (χ4n) is 1.33. The predicted molar refractivity (Wildman–Crippen MR) is 53.3 cm³/mol. The van der Waals surface area contributed by atoms with Gasteiger partial charge in [-0.2, -0.15) is 0 Å². The van der Waals surface area contributed by atoms with E-state index in [1.165, 1.54) is 0 Å². The molecule has 0 unspecified atom stereocenters. The molecule has 2 nitrogen and oxygen atoms in total. The number of β-amino-alcohol motifs (C(OH)–C–C–N with tert-alkyl or cyclic N) is 1. The van der Waals surface area contributed by atoms with E-state index in [-0.39, 0.29) is 12.1 Å². The Hall–Kier alpha value is -0.0800. The predicted octanol–water partition coefficient (Wildman–Crippen LogP) is 1.88. The van der Waals surface area contributed by atoms with Crippen molar-refractivity contribution in [2.24, 2.45) is 0 Å². The van der Waals surface area contributed by atoms with Crippen LogP contribution in [0, 0.1) is 0 Å². The normalized spacial score (nSPS) is 12.5. The van der Waals surface area contributed by atoms with Crippen LogP contribution in [0.4, 0.5) is 0 Å². The van der Waals surface area contributed by atoms with Gasteiger partial charge in [-0.05, 0) is 33.2 Å². The minimum Gasteiger partial charge on any atom is -0.395 e. The van der Waals surface area contributed by atoms with Crippen molar-refractivity contribution in [1.82, 2.24) is 4.90 Å². The van der Waals surface area contributed by atoms with Crippen LogP contribution in [0.15, 0.2) is 0 Å². The van der Waals surface area contributed by atoms with Gasteiger partial charge in [0, 0.05) is 12.1 Å². The fraction of sp³-hybridized carbons (Fsp3) is 1.00. The Morgan fingerprint density at radius 1 is 1.17 bits per heavy atom. The number of nitrogens with zero attached hydrogens (tertiary/aromatic N) is 1. The average Bonchev–Trinajstić information content (AvgIpc) is 2.04. The van der Waals surface area contributed by atoms with Gasteiger partial charge in [0.25, 0.3) is 0 Å². The van der Waals surface area contributed by atoms with Crippen molar-refractivity contribution in [3.8, 4) is 0 Å². The molecule has 0 saturated heterocycles. The molecular formula is C10H23NO. The van der Waals surface area contributed by atoms with E-state index in [0.29, 0.717) is 0 Å². The highest BCUT2D eigenvalue weighted by Gasteiger charge is 2.22. The number of aliphatic hydroxyl groups excluding tert-OH is 1. The van der Waals surface area contributed by atoms with Crippen molar-refractivity contribution < 1.29 is 5.11 Å². The first-order valence-electron chi connectivity index (χ1n) is 4.94. The number of hydrogen-bond donors (Lipinski definition) is 1. The summed E-state index contributed by atoms with van der Waals surface area (Å²) in [7, 11) is 0. The molecule has 0 aliphatic carbocycles. The molecule has 0 fully saturated rings. The van der Waals surface area contributed by atoms with Crippen molar-refractivity contribution in [3.63, 3.8) is 0 Å². The maximum atomic E-state index is 8.88. The van der Waals surface area contributed by atoms with Crippen LogP contribution in [-0.4, -0.2) is 35.2 Å². The Bertz CT molecular complexity index is 106. The van der Waals surface area contributed by atoms with Crippen LogP contribution in [0.5, 0.6) is 0 Å². The molecule has 0 aliphatic heterocycles. The first-order valence-corrected chi connectivity index (χ1v) is 4.94. The van der Waals surface area contributed by atoms with Gasteiger partial charge in [0.05, 0.1) is 6.61 Å². The molecule has 74 valence electrons. The van der Waals surface area contributed by atoms with Gasteiger partial charge in [-0.25, -0.2) is 0 Å². The van der Waals surface area contributed by atoms with Gasteiger partial charge in [-0.1, -0.05) is 13.8 Å². The molecule has 0 radical (unpaired) electrons. The van der Waals surface area contributed by atoms with E-state index in [1.54, 1.807) is 0 Å². The lowest BCUT2D eigenvalue weighted by atomic mass is 9.99. The highest BCUT2D eigenvalue weighted by atomic mass is 16.3. The number of rotatable bonds is 6. The molecule has 0 aromatic carbocycles. The van der Waals surface area contributed by atoms with E-state index in [4.69, 9.17) is 5.11 Å². The van der Waals surface area contributed by atoms with Gasteiger partial charge < -0.3 is 5.11 Å². The lowest BCUT2D eigenvalue weighted by Crippen LogP contribution is -2.45. The van der Waals surface area contributed by atoms with E-state index < -0.39 is 0 Å². The summed E-state index contributed by atoms with van der Waals surface area (Å²) < 4.78 is 0. The SMILES string of the molecule is CCCN(CCO)C(C)(C)CC. The van der Waals surface area contributed by atoms with Gasteiger partial charge >= 0.3 is 0 Å². The topological polar surface area (TPSA) is 23.5 Å². The Labute approximate surface area is 76.6 Å². The van der Waals surface area contributed by atoms with E-state index in [9.17, 15) is 0 Å². The maximum absolute atomic E-state index is 8.88. The smallest absolute Gasteiger partial charge is 0.0558 e. The summed E-state index contributed by atoms with van der Waals surface area (Å²) in [6.07, 6.45) is 2.29. The zero-order chi connectivity index (χ0) is 9.61. The molecule has 0 amide bonds. The highest BCUT2D eigenvalue weighted by Crippen LogP contribution is 2.17. The molecule has 0 bridgehead atoms. The Morgan fingerprint density at radius 3 is 2.08 bits per heavy atom. The summed E-state index contributed by atoms with van der Waals surface area (Å²) >= 11 is 0. The fourth-order valence-corrected chi connectivity index (χ4v) is 1.33. The minimum atomic E-state index is 0.235. The highest BCUT2D eigenvalue weighted by molar-refractivity contribution is 4.79. The number of hydrogen-bond acceptors (Lipinski definition) is 2. The lowest BCUT2D eigenvalue weighted by molar-refractivity contribution is 0.0899. The summed E-state index contributed by atoms with van der Waals surface area (Å²) in [6.45, 7) is 11.0.